The number of amides is 1. The van der Waals surface area contributed by atoms with Gasteiger partial charge in [0.2, 0.25) is 5.91 Å². The highest BCUT2D eigenvalue weighted by Gasteiger charge is 2.16. The standard InChI is InChI=1S/C11H22F2N2O2/c1-9(2)15(6-3-5-14)11(16)4-7-17-8-10(12)13/h9-10H,3-8,14H2,1-2H3. The molecule has 0 spiro atoms. The van der Waals surface area contributed by atoms with Crippen LogP contribution in [-0.4, -0.2) is 49.6 Å². The van der Waals surface area contributed by atoms with Gasteiger partial charge in [0.1, 0.15) is 6.61 Å². The van der Waals surface area contributed by atoms with E-state index in [0.717, 1.165) is 6.42 Å². The highest BCUT2D eigenvalue weighted by Crippen LogP contribution is 2.03. The van der Waals surface area contributed by atoms with Gasteiger partial charge in [-0.1, -0.05) is 0 Å². The van der Waals surface area contributed by atoms with Gasteiger partial charge in [0.15, 0.2) is 0 Å². The van der Waals surface area contributed by atoms with Crippen LogP contribution in [0.1, 0.15) is 26.7 Å². The summed E-state index contributed by atoms with van der Waals surface area (Å²) in [5.41, 5.74) is 5.39. The van der Waals surface area contributed by atoms with Crippen molar-refractivity contribution >= 4 is 5.91 Å². The average molecular weight is 252 g/mol. The number of nitrogens with two attached hydrogens (primary N) is 1. The summed E-state index contributed by atoms with van der Waals surface area (Å²) in [5, 5.41) is 0. The van der Waals surface area contributed by atoms with Gasteiger partial charge in [-0.05, 0) is 26.8 Å². The molecule has 0 unspecified atom stereocenters. The van der Waals surface area contributed by atoms with Crippen LogP contribution in [0.5, 0.6) is 0 Å². The minimum Gasteiger partial charge on any atom is -0.375 e. The number of carbonyl (C=O) groups is 1. The van der Waals surface area contributed by atoms with E-state index < -0.39 is 13.0 Å². The van der Waals surface area contributed by atoms with E-state index in [1.165, 1.54) is 0 Å². The second-order valence-corrected chi connectivity index (χ2v) is 4.04. The molecule has 0 fully saturated rings. The van der Waals surface area contributed by atoms with E-state index in [1.54, 1.807) is 4.90 Å². The Bertz CT molecular complexity index is 214. The molecule has 102 valence electrons. The summed E-state index contributed by atoms with van der Waals surface area (Å²) in [6.45, 7) is 4.37. The van der Waals surface area contributed by atoms with Gasteiger partial charge in [-0.3, -0.25) is 4.79 Å². The Morgan fingerprint density at radius 1 is 1.41 bits per heavy atom. The van der Waals surface area contributed by atoms with Crippen LogP contribution in [0.15, 0.2) is 0 Å². The molecule has 17 heavy (non-hydrogen) atoms. The highest BCUT2D eigenvalue weighted by atomic mass is 19.3. The van der Waals surface area contributed by atoms with Crippen LogP contribution in [0.2, 0.25) is 0 Å². The predicted octanol–water partition coefficient (Wildman–Crippen LogP) is 1.24. The molecular weight excluding hydrogens is 230 g/mol. The zero-order chi connectivity index (χ0) is 13.3. The lowest BCUT2D eigenvalue weighted by atomic mass is 10.2. The SMILES string of the molecule is CC(C)N(CCCN)C(=O)CCOCC(F)F. The molecule has 0 aliphatic rings. The van der Waals surface area contributed by atoms with Gasteiger partial charge in [0, 0.05) is 12.6 Å². The smallest absolute Gasteiger partial charge is 0.261 e. The molecule has 2 N–H and O–H groups in total. The number of nitrogens with zero attached hydrogens (tertiary/aromatic N) is 1. The summed E-state index contributed by atoms with van der Waals surface area (Å²) >= 11 is 0. The fraction of sp³-hybridized carbons (Fsp3) is 0.909. The maximum absolute atomic E-state index is 11.8. The van der Waals surface area contributed by atoms with E-state index in [2.05, 4.69) is 4.74 Å². The van der Waals surface area contributed by atoms with E-state index in [4.69, 9.17) is 5.73 Å². The Morgan fingerprint density at radius 2 is 2.06 bits per heavy atom. The van der Waals surface area contributed by atoms with E-state index in [9.17, 15) is 13.6 Å². The van der Waals surface area contributed by atoms with Crippen molar-refractivity contribution in [2.75, 3.05) is 26.3 Å². The third-order valence-corrected chi connectivity index (χ3v) is 2.25. The number of hydrogen-bond donors (Lipinski definition) is 1. The molecule has 0 aromatic carbocycles. The number of carbonyl (C=O) groups excluding carboxylic acids is 1. The van der Waals surface area contributed by atoms with E-state index >= 15 is 0 Å². The molecule has 0 saturated carbocycles. The number of ether oxygens (including phenoxy) is 1. The first kappa shape index (κ1) is 16.2. The molecule has 0 rings (SSSR count). The second kappa shape index (κ2) is 9.30. The zero-order valence-electron chi connectivity index (χ0n) is 10.5. The van der Waals surface area contributed by atoms with Gasteiger partial charge in [-0.25, -0.2) is 8.78 Å². The van der Waals surface area contributed by atoms with Crippen molar-refractivity contribution < 1.29 is 18.3 Å². The van der Waals surface area contributed by atoms with E-state index in [1.807, 2.05) is 13.8 Å². The molecule has 0 aromatic rings. The number of rotatable bonds is 9. The normalized spacial score (nSPS) is 11.2. The molecule has 0 aliphatic heterocycles. The van der Waals surface area contributed by atoms with Crippen molar-refractivity contribution in [2.45, 2.75) is 39.2 Å². The molecule has 0 aliphatic carbocycles. The van der Waals surface area contributed by atoms with Crippen molar-refractivity contribution in [2.24, 2.45) is 5.73 Å². The van der Waals surface area contributed by atoms with E-state index in [-0.39, 0.29) is 25.0 Å². The first-order valence-corrected chi connectivity index (χ1v) is 5.84. The third kappa shape index (κ3) is 8.04. The van der Waals surface area contributed by atoms with Crippen LogP contribution in [0, 0.1) is 0 Å². The number of halogens is 2. The first-order chi connectivity index (χ1) is 7.99. The monoisotopic (exact) mass is 252 g/mol. The Labute approximate surface area is 101 Å². The quantitative estimate of drug-likeness (QED) is 0.628. The maximum atomic E-state index is 11.8. The van der Waals surface area contributed by atoms with Gasteiger partial charge in [-0.2, -0.15) is 0 Å². The van der Waals surface area contributed by atoms with E-state index in [0.29, 0.717) is 13.1 Å². The largest absolute Gasteiger partial charge is 0.375 e. The minimum atomic E-state index is -2.48. The highest BCUT2D eigenvalue weighted by molar-refractivity contribution is 5.76. The molecule has 0 radical (unpaired) electrons. The van der Waals surface area contributed by atoms with Crippen molar-refractivity contribution in [1.29, 1.82) is 0 Å². The van der Waals surface area contributed by atoms with Gasteiger partial charge < -0.3 is 15.4 Å². The molecule has 6 heteroatoms. The van der Waals surface area contributed by atoms with Gasteiger partial charge in [0.25, 0.3) is 6.43 Å². The van der Waals surface area contributed by atoms with Gasteiger partial charge in [0.05, 0.1) is 13.0 Å². The zero-order valence-corrected chi connectivity index (χ0v) is 10.5. The maximum Gasteiger partial charge on any atom is 0.261 e. The summed E-state index contributed by atoms with van der Waals surface area (Å²) in [7, 11) is 0. The lowest BCUT2D eigenvalue weighted by Gasteiger charge is -2.26. The Kier molecular flexibility index (Phi) is 8.89. The third-order valence-electron chi connectivity index (χ3n) is 2.25. The molecule has 0 heterocycles. The Balaban J connectivity index is 3.89. The van der Waals surface area contributed by atoms with Crippen molar-refractivity contribution in [3.05, 3.63) is 0 Å². The second-order valence-electron chi connectivity index (χ2n) is 4.04. The van der Waals surface area contributed by atoms with Crippen molar-refractivity contribution in [1.82, 2.24) is 4.90 Å². The average Bonchev–Trinajstić information content (AvgIpc) is 2.24. The van der Waals surface area contributed by atoms with Crippen molar-refractivity contribution in [3.63, 3.8) is 0 Å². The molecule has 0 saturated heterocycles. The van der Waals surface area contributed by atoms with Crippen LogP contribution in [0.4, 0.5) is 8.78 Å². The fourth-order valence-electron chi connectivity index (χ4n) is 1.41. The Morgan fingerprint density at radius 3 is 2.53 bits per heavy atom. The first-order valence-electron chi connectivity index (χ1n) is 5.84. The van der Waals surface area contributed by atoms with Crippen LogP contribution in [0.3, 0.4) is 0 Å². The molecule has 0 aromatic heterocycles. The van der Waals surface area contributed by atoms with Gasteiger partial charge in [-0.15, -0.1) is 0 Å². The molecule has 4 nitrogen and oxygen atoms in total. The molecule has 0 atom stereocenters. The Hall–Kier alpha value is -0.750. The van der Waals surface area contributed by atoms with Crippen LogP contribution >= 0.6 is 0 Å². The van der Waals surface area contributed by atoms with Crippen molar-refractivity contribution in [3.8, 4) is 0 Å². The van der Waals surface area contributed by atoms with Crippen LogP contribution < -0.4 is 5.73 Å². The summed E-state index contributed by atoms with van der Waals surface area (Å²) in [6, 6.07) is 0.0872. The van der Waals surface area contributed by atoms with Gasteiger partial charge >= 0.3 is 0 Å². The molecule has 1 amide bonds. The van der Waals surface area contributed by atoms with Crippen LogP contribution in [0.25, 0.3) is 0 Å². The summed E-state index contributed by atoms with van der Waals surface area (Å²) in [5.74, 6) is -0.0808. The summed E-state index contributed by atoms with van der Waals surface area (Å²) in [4.78, 5) is 13.4. The fourth-order valence-corrected chi connectivity index (χ4v) is 1.41. The molecule has 0 bridgehead atoms. The number of hydrogen-bond acceptors (Lipinski definition) is 3. The predicted molar refractivity (Wildman–Crippen MR) is 62.0 cm³/mol. The minimum absolute atomic E-state index is 0.0367. The summed E-state index contributed by atoms with van der Waals surface area (Å²) in [6.07, 6.45) is -1.61. The lowest BCUT2D eigenvalue weighted by Crippen LogP contribution is -2.38. The molecular formula is C11H22F2N2O2. The number of alkyl halides is 2. The summed E-state index contributed by atoms with van der Waals surface area (Å²) < 4.78 is 28.2. The van der Waals surface area contributed by atoms with Crippen LogP contribution in [-0.2, 0) is 9.53 Å². The lowest BCUT2D eigenvalue weighted by molar-refractivity contribution is -0.134. The topological polar surface area (TPSA) is 55.6 Å².